The molecule has 5 nitrogen and oxygen atoms in total. The highest BCUT2D eigenvalue weighted by atomic mass is 19.1. The molecule has 1 aromatic heterocycles. The van der Waals surface area contributed by atoms with Crippen LogP contribution < -0.4 is 5.32 Å². The van der Waals surface area contributed by atoms with Gasteiger partial charge in [0.2, 0.25) is 17.6 Å². The normalized spacial score (nSPS) is 14.2. The van der Waals surface area contributed by atoms with Crippen molar-refractivity contribution in [2.45, 2.75) is 44.9 Å². The van der Waals surface area contributed by atoms with E-state index in [0.29, 0.717) is 24.4 Å². The summed E-state index contributed by atoms with van der Waals surface area (Å²) < 4.78 is 18.8. The van der Waals surface area contributed by atoms with Crippen molar-refractivity contribution >= 4 is 5.91 Å². The van der Waals surface area contributed by atoms with E-state index in [1.807, 2.05) is 0 Å². The lowest BCUT2D eigenvalue weighted by Crippen LogP contribution is -2.25. The SMILES string of the molecule is O=C(CCc1nc(-c2ccccc2F)no1)NCCC1=CCCCC1. The second-order valence-electron chi connectivity index (χ2n) is 6.20. The maximum atomic E-state index is 13.7. The number of aromatic nitrogens is 2. The molecule has 1 aliphatic rings. The van der Waals surface area contributed by atoms with Gasteiger partial charge in [0.15, 0.2) is 0 Å². The van der Waals surface area contributed by atoms with Gasteiger partial charge >= 0.3 is 0 Å². The standard InChI is InChI=1S/C19H22FN3O2/c20-16-9-5-4-8-15(16)19-22-18(25-23-19)11-10-17(24)21-13-12-14-6-2-1-3-7-14/h4-6,8-9H,1-3,7,10-13H2,(H,21,24). The quantitative estimate of drug-likeness (QED) is 0.776. The molecule has 25 heavy (non-hydrogen) atoms. The molecular formula is C19H22FN3O2. The van der Waals surface area contributed by atoms with E-state index in [2.05, 4.69) is 21.5 Å². The largest absolute Gasteiger partial charge is 0.356 e. The van der Waals surface area contributed by atoms with Crippen molar-refractivity contribution in [1.82, 2.24) is 15.5 Å². The van der Waals surface area contributed by atoms with E-state index in [1.54, 1.807) is 18.2 Å². The average molecular weight is 343 g/mol. The average Bonchev–Trinajstić information content (AvgIpc) is 3.10. The molecule has 0 saturated heterocycles. The van der Waals surface area contributed by atoms with E-state index in [4.69, 9.17) is 4.52 Å². The van der Waals surface area contributed by atoms with Gasteiger partial charge in [-0.25, -0.2) is 4.39 Å². The van der Waals surface area contributed by atoms with Gasteiger partial charge in [-0.2, -0.15) is 4.98 Å². The summed E-state index contributed by atoms with van der Waals surface area (Å²) in [6.07, 6.45) is 8.66. The fourth-order valence-corrected chi connectivity index (χ4v) is 2.91. The number of amides is 1. The number of nitrogens with zero attached hydrogens (tertiary/aromatic N) is 2. The highest BCUT2D eigenvalue weighted by Crippen LogP contribution is 2.20. The highest BCUT2D eigenvalue weighted by Gasteiger charge is 2.13. The predicted molar refractivity (Wildman–Crippen MR) is 92.2 cm³/mol. The Morgan fingerprint density at radius 1 is 1.24 bits per heavy atom. The maximum absolute atomic E-state index is 13.7. The smallest absolute Gasteiger partial charge is 0.227 e. The molecule has 1 heterocycles. The first-order chi connectivity index (χ1) is 12.2. The highest BCUT2D eigenvalue weighted by molar-refractivity contribution is 5.76. The summed E-state index contributed by atoms with van der Waals surface area (Å²) in [5.41, 5.74) is 1.74. The van der Waals surface area contributed by atoms with Gasteiger partial charge in [-0.05, 0) is 44.2 Å². The van der Waals surface area contributed by atoms with Crippen LogP contribution in [0.2, 0.25) is 0 Å². The summed E-state index contributed by atoms with van der Waals surface area (Å²) >= 11 is 0. The number of carbonyl (C=O) groups excluding carboxylic acids is 1. The fourth-order valence-electron chi connectivity index (χ4n) is 2.91. The zero-order chi connectivity index (χ0) is 17.5. The lowest BCUT2D eigenvalue weighted by atomic mass is 9.97. The van der Waals surface area contributed by atoms with Gasteiger partial charge in [0, 0.05) is 19.4 Å². The van der Waals surface area contributed by atoms with Crippen LogP contribution in [0.4, 0.5) is 4.39 Å². The molecular weight excluding hydrogens is 321 g/mol. The summed E-state index contributed by atoms with van der Waals surface area (Å²) in [6, 6.07) is 6.26. The number of aryl methyl sites for hydroxylation is 1. The van der Waals surface area contributed by atoms with Gasteiger partial charge in [0.1, 0.15) is 5.82 Å². The number of benzene rings is 1. The van der Waals surface area contributed by atoms with E-state index < -0.39 is 5.82 Å². The van der Waals surface area contributed by atoms with Crippen LogP contribution in [0.1, 0.15) is 44.4 Å². The monoisotopic (exact) mass is 343 g/mol. The first-order valence-electron chi connectivity index (χ1n) is 8.74. The molecule has 1 aliphatic carbocycles. The van der Waals surface area contributed by atoms with E-state index in [9.17, 15) is 9.18 Å². The Labute approximate surface area is 146 Å². The molecule has 0 spiro atoms. The summed E-state index contributed by atoms with van der Waals surface area (Å²) in [6.45, 7) is 0.662. The van der Waals surface area contributed by atoms with Crippen LogP contribution in [0.5, 0.6) is 0 Å². The van der Waals surface area contributed by atoms with E-state index >= 15 is 0 Å². The molecule has 0 aliphatic heterocycles. The molecule has 6 heteroatoms. The van der Waals surface area contributed by atoms with Crippen molar-refractivity contribution in [2.75, 3.05) is 6.54 Å². The second kappa shape index (κ2) is 8.55. The van der Waals surface area contributed by atoms with Gasteiger partial charge in [-0.1, -0.05) is 28.9 Å². The zero-order valence-corrected chi connectivity index (χ0v) is 14.1. The van der Waals surface area contributed by atoms with Crippen molar-refractivity contribution < 1.29 is 13.7 Å². The van der Waals surface area contributed by atoms with Gasteiger partial charge < -0.3 is 9.84 Å². The predicted octanol–water partition coefficient (Wildman–Crippen LogP) is 3.82. The summed E-state index contributed by atoms with van der Waals surface area (Å²) in [5.74, 6) is 0.104. The molecule has 0 bridgehead atoms. The van der Waals surface area contributed by atoms with Crippen LogP contribution in [-0.2, 0) is 11.2 Å². The van der Waals surface area contributed by atoms with Crippen molar-refractivity contribution in [3.63, 3.8) is 0 Å². The Balaban J connectivity index is 1.43. The molecule has 1 aromatic carbocycles. The van der Waals surface area contributed by atoms with E-state index in [-0.39, 0.29) is 18.2 Å². The summed E-state index contributed by atoms with van der Waals surface area (Å²) in [5, 5.41) is 6.70. The lowest BCUT2D eigenvalue weighted by molar-refractivity contribution is -0.121. The first-order valence-corrected chi connectivity index (χ1v) is 8.74. The molecule has 0 unspecified atom stereocenters. The van der Waals surface area contributed by atoms with Crippen LogP contribution in [0, 0.1) is 5.82 Å². The molecule has 3 rings (SSSR count). The Kier molecular flexibility index (Phi) is 5.93. The van der Waals surface area contributed by atoms with E-state index in [1.165, 1.54) is 24.5 Å². The minimum atomic E-state index is -0.399. The molecule has 0 atom stereocenters. The van der Waals surface area contributed by atoms with Gasteiger partial charge in [0.05, 0.1) is 5.56 Å². The summed E-state index contributed by atoms with van der Waals surface area (Å²) in [7, 11) is 0. The number of hydrogen-bond acceptors (Lipinski definition) is 4. The number of hydrogen-bond donors (Lipinski definition) is 1. The first kappa shape index (κ1) is 17.3. The van der Waals surface area contributed by atoms with Gasteiger partial charge in [-0.15, -0.1) is 0 Å². The van der Waals surface area contributed by atoms with Crippen molar-refractivity contribution in [3.8, 4) is 11.4 Å². The Bertz CT molecular complexity index is 755. The fraction of sp³-hybridized carbons (Fsp3) is 0.421. The van der Waals surface area contributed by atoms with Crippen LogP contribution in [0.15, 0.2) is 40.4 Å². The zero-order valence-electron chi connectivity index (χ0n) is 14.1. The number of rotatable bonds is 7. The van der Waals surface area contributed by atoms with Crippen LogP contribution in [0.3, 0.4) is 0 Å². The Morgan fingerprint density at radius 2 is 2.12 bits per heavy atom. The van der Waals surface area contributed by atoms with Gasteiger partial charge in [-0.3, -0.25) is 4.79 Å². The second-order valence-corrected chi connectivity index (χ2v) is 6.20. The molecule has 1 amide bonds. The minimum Gasteiger partial charge on any atom is -0.356 e. The van der Waals surface area contributed by atoms with Crippen LogP contribution >= 0.6 is 0 Å². The number of carbonyl (C=O) groups is 1. The number of nitrogens with one attached hydrogen (secondary N) is 1. The molecule has 0 radical (unpaired) electrons. The number of allylic oxidation sites excluding steroid dienone is 1. The minimum absolute atomic E-state index is 0.0398. The number of halogens is 1. The molecule has 132 valence electrons. The third kappa shape index (κ3) is 4.98. The Hall–Kier alpha value is -2.50. The van der Waals surface area contributed by atoms with E-state index in [0.717, 1.165) is 19.3 Å². The third-order valence-electron chi connectivity index (χ3n) is 4.30. The van der Waals surface area contributed by atoms with Crippen LogP contribution in [0.25, 0.3) is 11.4 Å². The molecule has 2 aromatic rings. The van der Waals surface area contributed by atoms with Crippen molar-refractivity contribution in [2.24, 2.45) is 0 Å². The topological polar surface area (TPSA) is 68.0 Å². The summed E-state index contributed by atoms with van der Waals surface area (Å²) in [4.78, 5) is 16.1. The third-order valence-corrected chi connectivity index (χ3v) is 4.30. The molecule has 0 saturated carbocycles. The molecule has 1 N–H and O–H groups in total. The maximum Gasteiger partial charge on any atom is 0.227 e. The lowest BCUT2D eigenvalue weighted by Gasteiger charge is -2.12. The van der Waals surface area contributed by atoms with Gasteiger partial charge in [0.25, 0.3) is 0 Å². The van der Waals surface area contributed by atoms with Crippen molar-refractivity contribution in [1.29, 1.82) is 0 Å². The van der Waals surface area contributed by atoms with Crippen LogP contribution in [-0.4, -0.2) is 22.6 Å². The molecule has 0 fully saturated rings. The Morgan fingerprint density at radius 3 is 2.92 bits per heavy atom. The van der Waals surface area contributed by atoms with Crippen molar-refractivity contribution in [3.05, 3.63) is 47.6 Å².